The largest absolute Gasteiger partial charge is 0.393 e. The molecule has 0 aromatic heterocycles. The molecule has 1 fully saturated rings. The number of aliphatic hydroxyl groups excluding tert-OH is 1. The van der Waals surface area contributed by atoms with Crippen LogP contribution in [0, 0.1) is 0 Å². The van der Waals surface area contributed by atoms with Crippen LogP contribution in [-0.2, 0) is 0 Å². The second-order valence-electron chi connectivity index (χ2n) is 5.47. The second-order valence-corrected chi connectivity index (χ2v) is 5.47. The molecule has 1 saturated carbocycles. The summed E-state index contributed by atoms with van der Waals surface area (Å²) < 4.78 is 0. The summed E-state index contributed by atoms with van der Waals surface area (Å²) in [6, 6.07) is 0.469. The van der Waals surface area contributed by atoms with Crippen LogP contribution in [0.1, 0.15) is 65.2 Å². The molecule has 0 aromatic rings. The number of aliphatic hydroxyl groups is 1. The molecule has 0 bridgehead atoms. The number of unbranched alkanes of at least 4 members (excludes halogenated alkanes) is 3. The fourth-order valence-electron chi connectivity index (χ4n) is 2.46. The Morgan fingerprint density at radius 1 is 1.10 bits per heavy atom. The lowest BCUT2D eigenvalue weighted by Gasteiger charge is -2.27. The van der Waals surface area contributed by atoms with Crippen molar-refractivity contribution in [3.63, 3.8) is 0 Å². The molecule has 4 nitrogen and oxygen atoms in total. The van der Waals surface area contributed by atoms with Gasteiger partial charge in [-0.05, 0) is 39.0 Å². The van der Waals surface area contributed by atoms with E-state index in [-0.39, 0.29) is 30.1 Å². The summed E-state index contributed by atoms with van der Waals surface area (Å²) in [5.74, 6) is 0.945. The van der Waals surface area contributed by atoms with Crippen LogP contribution in [0.2, 0.25) is 0 Å². The van der Waals surface area contributed by atoms with Crippen LogP contribution in [-0.4, -0.2) is 36.3 Å². The van der Waals surface area contributed by atoms with Crippen LogP contribution in [0.4, 0.5) is 0 Å². The smallest absolute Gasteiger partial charge is 0.191 e. The Bertz CT molecular complexity index is 254. The van der Waals surface area contributed by atoms with E-state index in [9.17, 15) is 5.11 Å². The number of hydrogen-bond acceptors (Lipinski definition) is 2. The summed E-state index contributed by atoms with van der Waals surface area (Å²) in [7, 11) is 0. The van der Waals surface area contributed by atoms with Gasteiger partial charge >= 0.3 is 0 Å². The normalized spacial score (nSPS) is 23.1. The summed E-state index contributed by atoms with van der Waals surface area (Å²) >= 11 is 0. The van der Waals surface area contributed by atoms with Crippen LogP contribution in [0.15, 0.2) is 4.99 Å². The first kappa shape index (κ1) is 20.0. The summed E-state index contributed by atoms with van der Waals surface area (Å²) in [5, 5.41) is 16.3. The molecule has 0 heterocycles. The average molecular weight is 397 g/mol. The molecule has 3 N–H and O–H groups in total. The number of nitrogens with zero attached hydrogens (tertiary/aromatic N) is 1. The molecule has 5 heteroatoms. The minimum atomic E-state index is -0.0911. The molecular formula is C15H32IN3O. The molecule has 1 rings (SSSR count). The molecule has 0 saturated heterocycles. The van der Waals surface area contributed by atoms with Crippen LogP contribution < -0.4 is 10.6 Å². The van der Waals surface area contributed by atoms with Crippen molar-refractivity contribution in [3.8, 4) is 0 Å². The Hall–Kier alpha value is -0.0400. The van der Waals surface area contributed by atoms with Gasteiger partial charge in [-0.25, -0.2) is 0 Å². The molecule has 0 aromatic carbocycles. The zero-order valence-corrected chi connectivity index (χ0v) is 15.4. The van der Waals surface area contributed by atoms with E-state index >= 15 is 0 Å². The van der Waals surface area contributed by atoms with E-state index in [0.29, 0.717) is 6.04 Å². The van der Waals surface area contributed by atoms with Crippen molar-refractivity contribution in [1.29, 1.82) is 0 Å². The van der Waals surface area contributed by atoms with Gasteiger partial charge in [0.2, 0.25) is 0 Å². The molecule has 0 radical (unpaired) electrons. The monoisotopic (exact) mass is 397 g/mol. The number of guanidine groups is 1. The third-order valence-corrected chi connectivity index (χ3v) is 3.66. The van der Waals surface area contributed by atoms with Gasteiger partial charge in [-0.1, -0.05) is 26.2 Å². The van der Waals surface area contributed by atoms with Gasteiger partial charge in [0.05, 0.1) is 6.10 Å². The van der Waals surface area contributed by atoms with Crippen molar-refractivity contribution in [2.45, 2.75) is 77.4 Å². The van der Waals surface area contributed by atoms with Gasteiger partial charge in [-0.3, -0.25) is 4.99 Å². The van der Waals surface area contributed by atoms with Gasteiger partial charge < -0.3 is 15.7 Å². The Labute approximate surface area is 141 Å². The van der Waals surface area contributed by atoms with Crippen molar-refractivity contribution in [2.24, 2.45) is 4.99 Å². The molecule has 0 unspecified atom stereocenters. The topological polar surface area (TPSA) is 56.7 Å². The van der Waals surface area contributed by atoms with Crippen LogP contribution in [0.25, 0.3) is 0 Å². The van der Waals surface area contributed by atoms with E-state index in [0.717, 1.165) is 44.7 Å². The molecule has 120 valence electrons. The number of rotatable bonds is 7. The molecule has 0 spiro atoms. The number of halogens is 1. The van der Waals surface area contributed by atoms with Crippen molar-refractivity contribution in [2.75, 3.05) is 13.1 Å². The molecule has 0 aliphatic heterocycles. The summed E-state index contributed by atoms with van der Waals surface area (Å²) in [4.78, 5) is 4.63. The fourth-order valence-corrected chi connectivity index (χ4v) is 2.46. The maximum absolute atomic E-state index is 9.51. The summed E-state index contributed by atoms with van der Waals surface area (Å²) in [5.41, 5.74) is 0. The third-order valence-electron chi connectivity index (χ3n) is 3.66. The summed E-state index contributed by atoms with van der Waals surface area (Å²) in [6.07, 6.45) is 8.84. The number of aliphatic imine (C=N–C) groups is 1. The van der Waals surface area contributed by atoms with Gasteiger partial charge in [-0.2, -0.15) is 0 Å². The first-order chi connectivity index (χ1) is 9.26. The zero-order chi connectivity index (χ0) is 13.9. The highest BCUT2D eigenvalue weighted by molar-refractivity contribution is 14.0. The predicted octanol–water partition coefficient (Wildman–Crippen LogP) is 3.04. The average Bonchev–Trinajstić information content (AvgIpc) is 2.41. The lowest BCUT2D eigenvalue weighted by molar-refractivity contribution is 0.120. The first-order valence-corrected chi connectivity index (χ1v) is 7.99. The Kier molecular flexibility index (Phi) is 12.7. The quantitative estimate of drug-likeness (QED) is 0.268. The van der Waals surface area contributed by atoms with Crippen molar-refractivity contribution in [3.05, 3.63) is 0 Å². The maximum Gasteiger partial charge on any atom is 0.191 e. The van der Waals surface area contributed by atoms with E-state index in [1.807, 2.05) is 0 Å². The number of hydrogen-bond donors (Lipinski definition) is 3. The van der Waals surface area contributed by atoms with Gasteiger partial charge in [0.15, 0.2) is 5.96 Å². The highest BCUT2D eigenvalue weighted by Crippen LogP contribution is 2.18. The highest BCUT2D eigenvalue weighted by atomic mass is 127. The maximum atomic E-state index is 9.51. The van der Waals surface area contributed by atoms with E-state index in [1.54, 1.807) is 0 Å². The summed E-state index contributed by atoms with van der Waals surface area (Å²) in [6.45, 7) is 6.13. The molecular weight excluding hydrogens is 365 g/mol. The SMILES string of the molecule is CCCCCCN=C(NCC)NC1CCC(O)CC1.I. The predicted molar refractivity (Wildman–Crippen MR) is 96.9 cm³/mol. The van der Waals surface area contributed by atoms with Gasteiger partial charge in [-0.15, -0.1) is 24.0 Å². The Balaban J connectivity index is 0.00000361. The van der Waals surface area contributed by atoms with Crippen molar-refractivity contribution >= 4 is 29.9 Å². The molecule has 1 aliphatic carbocycles. The first-order valence-electron chi connectivity index (χ1n) is 7.99. The molecule has 1 aliphatic rings. The van der Waals surface area contributed by atoms with Crippen molar-refractivity contribution in [1.82, 2.24) is 10.6 Å². The van der Waals surface area contributed by atoms with Gasteiger partial charge in [0.25, 0.3) is 0 Å². The van der Waals surface area contributed by atoms with Crippen LogP contribution >= 0.6 is 24.0 Å². The van der Waals surface area contributed by atoms with Gasteiger partial charge in [0.1, 0.15) is 0 Å². The van der Waals surface area contributed by atoms with Crippen LogP contribution in [0.3, 0.4) is 0 Å². The molecule has 20 heavy (non-hydrogen) atoms. The second kappa shape index (κ2) is 12.7. The minimum Gasteiger partial charge on any atom is -0.393 e. The van der Waals surface area contributed by atoms with Crippen molar-refractivity contribution < 1.29 is 5.11 Å². The molecule has 0 amide bonds. The Morgan fingerprint density at radius 3 is 2.40 bits per heavy atom. The highest BCUT2D eigenvalue weighted by Gasteiger charge is 2.19. The molecule has 0 atom stereocenters. The lowest BCUT2D eigenvalue weighted by atomic mass is 9.93. The van der Waals surface area contributed by atoms with E-state index in [2.05, 4.69) is 29.5 Å². The van der Waals surface area contributed by atoms with E-state index in [4.69, 9.17) is 0 Å². The van der Waals surface area contributed by atoms with E-state index < -0.39 is 0 Å². The number of nitrogens with one attached hydrogen (secondary N) is 2. The van der Waals surface area contributed by atoms with Crippen LogP contribution in [0.5, 0.6) is 0 Å². The minimum absolute atomic E-state index is 0. The zero-order valence-electron chi connectivity index (χ0n) is 13.0. The van der Waals surface area contributed by atoms with Gasteiger partial charge in [0, 0.05) is 19.1 Å². The standard InChI is InChI=1S/C15H31N3O.HI/c1-3-5-6-7-12-17-15(16-4-2)18-13-8-10-14(19)11-9-13;/h13-14,19H,3-12H2,1-2H3,(H2,16,17,18);1H. The Morgan fingerprint density at radius 2 is 1.80 bits per heavy atom. The third kappa shape index (κ3) is 9.00. The van der Waals surface area contributed by atoms with E-state index in [1.165, 1.54) is 25.7 Å². The fraction of sp³-hybridized carbons (Fsp3) is 0.933. The lowest BCUT2D eigenvalue weighted by Crippen LogP contribution is -2.45.